The number of rotatable bonds is 14. The van der Waals surface area contributed by atoms with Crippen molar-refractivity contribution in [1.29, 1.82) is 0 Å². The van der Waals surface area contributed by atoms with Gasteiger partial charge in [0, 0.05) is 29.3 Å². The van der Waals surface area contributed by atoms with Crippen LogP contribution in [-0.2, 0) is 25.6 Å². The van der Waals surface area contributed by atoms with E-state index in [1.807, 2.05) is 24.3 Å². The molecule has 0 fully saturated rings. The summed E-state index contributed by atoms with van der Waals surface area (Å²) in [6.07, 6.45) is 3.21. The Hall–Kier alpha value is -3.09. The quantitative estimate of drug-likeness (QED) is 0.127. The number of para-hydroxylation sites is 1. The van der Waals surface area contributed by atoms with Crippen molar-refractivity contribution in [3.63, 3.8) is 0 Å². The monoisotopic (exact) mass is 506 g/mol. The Labute approximate surface area is 209 Å². The average Bonchev–Trinajstić information content (AvgIpc) is 3.24. The number of nitrogens with two attached hydrogens (primary N) is 2. The maximum atomic E-state index is 13.1. The Kier molecular flexibility index (Phi) is 11.0. The first-order valence-electron chi connectivity index (χ1n) is 11.4. The molecule has 0 bridgehead atoms. The molecule has 1 aromatic heterocycles. The number of aromatic nitrogens is 1. The van der Waals surface area contributed by atoms with Crippen LogP contribution in [0.4, 0.5) is 0 Å². The molecule has 1 heterocycles. The van der Waals surface area contributed by atoms with Crippen LogP contribution in [0.1, 0.15) is 31.7 Å². The summed E-state index contributed by atoms with van der Waals surface area (Å²) < 4.78 is 0. The molecule has 0 radical (unpaired) electrons. The summed E-state index contributed by atoms with van der Waals surface area (Å²) >= 11 is 3.97. The van der Waals surface area contributed by atoms with Crippen molar-refractivity contribution in [3.8, 4) is 0 Å². The Morgan fingerprint density at radius 2 is 1.71 bits per heavy atom. The van der Waals surface area contributed by atoms with E-state index in [0.717, 1.165) is 16.5 Å². The normalized spacial score (nSPS) is 14.5. The molecular formula is C23H34N6O5S. The summed E-state index contributed by atoms with van der Waals surface area (Å²) in [6, 6.07) is 3.41. The Bertz CT molecular complexity index is 1030. The van der Waals surface area contributed by atoms with Gasteiger partial charge in [0.15, 0.2) is 0 Å². The number of carboxylic acids is 1. The number of nitrogens with one attached hydrogen (secondary N) is 4. The van der Waals surface area contributed by atoms with Crippen LogP contribution < -0.4 is 27.4 Å². The zero-order valence-electron chi connectivity index (χ0n) is 19.6. The zero-order valence-corrected chi connectivity index (χ0v) is 20.5. The van der Waals surface area contributed by atoms with Crippen LogP contribution in [0.25, 0.3) is 10.9 Å². The van der Waals surface area contributed by atoms with E-state index in [2.05, 4.69) is 33.6 Å². The van der Waals surface area contributed by atoms with Gasteiger partial charge < -0.3 is 37.5 Å². The molecule has 4 atom stereocenters. The molecule has 0 saturated carbocycles. The van der Waals surface area contributed by atoms with E-state index in [-0.39, 0.29) is 18.6 Å². The van der Waals surface area contributed by atoms with Gasteiger partial charge in [-0.3, -0.25) is 14.4 Å². The van der Waals surface area contributed by atoms with Gasteiger partial charge in [-0.05, 0) is 44.4 Å². The van der Waals surface area contributed by atoms with Crippen LogP contribution in [0.3, 0.4) is 0 Å². The number of benzene rings is 1. The van der Waals surface area contributed by atoms with Crippen molar-refractivity contribution in [2.24, 2.45) is 11.5 Å². The van der Waals surface area contributed by atoms with E-state index < -0.39 is 47.9 Å². The predicted octanol–water partition coefficient (Wildman–Crippen LogP) is -0.345. The highest BCUT2D eigenvalue weighted by atomic mass is 32.1. The Morgan fingerprint density at radius 3 is 2.37 bits per heavy atom. The van der Waals surface area contributed by atoms with Gasteiger partial charge in [0.1, 0.15) is 18.1 Å². The third-order valence-electron chi connectivity index (χ3n) is 5.58. The van der Waals surface area contributed by atoms with Gasteiger partial charge in [0.05, 0.1) is 6.04 Å². The van der Waals surface area contributed by atoms with Crippen LogP contribution in [0.15, 0.2) is 30.5 Å². The highest BCUT2D eigenvalue weighted by Crippen LogP contribution is 2.19. The number of hydrogen-bond donors (Lipinski definition) is 8. The van der Waals surface area contributed by atoms with Crippen molar-refractivity contribution in [3.05, 3.63) is 36.0 Å². The maximum absolute atomic E-state index is 13.1. The van der Waals surface area contributed by atoms with Gasteiger partial charge in [0.2, 0.25) is 17.7 Å². The lowest BCUT2D eigenvalue weighted by Gasteiger charge is -2.23. The van der Waals surface area contributed by atoms with Crippen molar-refractivity contribution < 1.29 is 24.3 Å². The summed E-state index contributed by atoms with van der Waals surface area (Å²) in [5.74, 6) is -2.87. The highest BCUT2D eigenvalue weighted by molar-refractivity contribution is 7.80. The molecule has 0 aliphatic heterocycles. The molecule has 2 rings (SSSR count). The molecule has 4 unspecified atom stereocenters. The lowest BCUT2D eigenvalue weighted by atomic mass is 10.0. The van der Waals surface area contributed by atoms with E-state index in [1.54, 1.807) is 6.20 Å². The fourth-order valence-electron chi connectivity index (χ4n) is 3.52. The van der Waals surface area contributed by atoms with Crippen molar-refractivity contribution in [2.75, 3.05) is 12.3 Å². The molecule has 1 aromatic carbocycles. The molecule has 2 aromatic rings. The number of hydrogen-bond acceptors (Lipinski definition) is 7. The first-order chi connectivity index (χ1) is 16.7. The number of carboxylic acid groups (broad SMARTS) is 1. The molecule has 0 spiro atoms. The Morgan fingerprint density at radius 1 is 1.03 bits per heavy atom. The van der Waals surface area contributed by atoms with Gasteiger partial charge in [-0.15, -0.1) is 0 Å². The van der Waals surface area contributed by atoms with Crippen LogP contribution in [0, 0.1) is 0 Å². The molecule has 11 nitrogen and oxygen atoms in total. The number of unbranched alkanes of at least 4 members (excludes halogenated alkanes) is 1. The van der Waals surface area contributed by atoms with Gasteiger partial charge >= 0.3 is 5.97 Å². The summed E-state index contributed by atoms with van der Waals surface area (Å²) in [7, 11) is 0. The number of carbonyl (C=O) groups is 4. The zero-order chi connectivity index (χ0) is 26.0. The van der Waals surface area contributed by atoms with E-state index in [9.17, 15) is 24.3 Å². The number of aliphatic carboxylic acids is 1. The van der Waals surface area contributed by atoms with Crippen LogP contribution in [0.5, 0.6) is 0 Å². The van der Waals surface area contributed by atoms with Crippen LogP contribution in [-0.4, -0.2) is 70.2 Å². The fourth-order valence-corrected chi connectivity index (χ4v) is 3.68. The second-order valence-electron chi connectivity index (χ2n) is 8.33. The second-order valence-corrected chi connectivity index (χ2v) is 8.69. The minimum atomic E-state index is -1.17. The molecule has 3 amide bonds. The Balaban J connectivity index is 2.21. The molecule has 192 valence electrons. The van der Waals surface area contributed by atoms with Crippen molar-refractivity contribution >= 4 is 47.2 Å². The largest absolute Gasteiger partial charge is 0.480 e. The maximum Gasteiger partial charge on any atom is 0.326 e. The number of H-pyrrole nitrogens is 1. The minimum Gasteiger partial charge on any atom is -0.480 e. The van der Waals surface area contributed by atoms with E-state index in [0.29, 0.717) is 19.4 Å². The number of amides is 3. The molecule has 9 N–H and O–H groups in total. The number of carbonyl (C=O) groups excluding carboxylic acids is 3. The van der Waals surface area contributed by atoms with Crippen LogP contribution >= 0.6 is 12.6 Å². The van der Waals surface area contributed by atoms with Gasteiger partial charge in [0.25, 0.3) is 0 Å². The van der Waals surface area contributed by atoms with Crippen molar-refractivity contribution in [2.45, 2.75) is 56.8 Å². The van der Waals surface area contributed by atoms with Gasteiger partial charge in [-0.1, -0.05) is 18.2 Å². The third kappa shape index (κ3) is 8.26. The summed E-state index contributed by atoms with van der Waals surface area (Å²) in [5, 5.41) is 18.1. The lowest BCUT2D eigenvalue weighted by Crippen LogP contribution is -2.57. The lowest BCUT2D eigenvalue weighted by molar-refractivity contribution is -0.142. The molecule has 0 saturated heterocycles. The average molecular weight is 507 g/mol. The standard InChI is InChI=1S/C23H34N6O5S/c1-13(27-21(31)16(25)12-35)20(30)29-19(10-14-11-26-17-7-3-2-6-15(14)17)22(32)28-18(23(33)34)8-4-5-9-24/h2-3,6-7,11,13,16,18-19,26,35H,4-5,8-10,12,24-25H2,1H3,(H,27,31)(H,28,32)(H,29,30)(H,33,34). The third-order valence-corrected chi connectivity index (χ3v) is 5.97. The van der Waals surface area contributed by atoms with E-state index in [1.165, 1.54) is 6.92 Å². The van der Waals surface area contributed by atoms with E-state index in [4.69, 9.17) is 11.5 Å². The first-order valence-corrected chi connectivity index (χ1v) is 12.1. The van der Waals surface area contributed by atoms with Crippen molar-refractivity contribution in [1.82, 2.24) is 20.9 Å². The summed E-state index contributed by atoms with van der Waals surface area (Å²) in [5.41, 5.74) is 12.7. The number of aromatic amines is 1. The smallest absolute Gasteiger partial charge is 0.326 e. The van der Waals surface area contributed by atoms with Crippen LogP contribution in [0.2, 0.25) is 0 Å². The SMILES string of the molecule is CC(NC(=O)C(N)CS)C(=O)NC(Cc1c[nH]c2ccccc12)C(=O)NC(CCCCN)C(=O)O. The summed E-state index contributed by atoms with van der Waals surface area (Å²) in [6.45, 7) is 1.88. The number of thiol groups is 1. The van der Waals surface area contributed by atoms with Gasteiger partial charge in [-0.25, -0.2) is 4.79 Å². The predicted molar refractivity (Wildman–Crippen MR) is 136 cm³/mol. The second kappa shape index (κ2) is 13.7. The first kappa shape index (κ1) is 28.1. The molecular weight excluding hydrogens is 472 g/mol. The molecule has 0 aliphatic carbocycles. The topological polar surface area (TPSA) is 192 Å². The summed E-state index contributed by atoms with van der Waals surface area (Å²) in [4.78, 5) is 52.8. The molecule has 0 aliphatic rings. The molecule has 35 heavy (non-hydrogen) atoms. The highest BCUT2D eigenvalue weighted by Gasteiger charge is 2.29. The number of fused-ring (bicyclic) bond motifs is 1. The van der Waals surface area contributed by atoms with Gasteiger partial charge in [-0.2, -0.15) is 12.6 Å². The fraction of sp³-hybridized carbons (Fsp3) is 0.478. The molecule has 12 heteroatoms. The minimum absolute atomic E-state index is 0.104. The van der Waals surface area contributed by atoms with E-state index >= 15 is 0 Å².